The van der Waals surface area contributed by atoms with Crippen molar-refractivity contribution in [2.24, 2.45) is 22.2 Å². The summed E-state index contributed by atoms with van der Waals surface area (Å²) in [6.07, 6.45) is 12.2. The van der Waals surface area contributed by atoms with Gasteiger partial charge in [0.15, 0.2) is 5.13 Å². The number of rotatable bonds is 69. The summed E-state index contributed by atoms with van der Waals surface area (Å²) in [5, 5.41) is 38.6. The van der Waals surface area contributed by atoms with Crippen LogP contribution in [0.4, 0.5) is 21.3 Å². The number of alkyl carbamates (subject to hydrolysis) is 1. The first-order valence-corrected chi connectivity index (χ1v) is 50.6. The number of carboxylic acid groups (broad SMARTS) is 1. The van der Waals surface area contributed by atoms with Crippen LogP contribution >= 0.6 is 11.3 Å². The lowest BCUT2D eigenvalue weighted by molar-refractivity contribution is -0.247. The fourth-order valence-corrected chi connectivity index (χ4v) is 20.7. The Labute approximate surface area is 840 Å². The van der Waals surface area contributed by atoms with Crippen molar-refractivity contribution in [1.82, 2.24) is 51.6 Å². The van der Waals surface area contributed by atoms with E-state index in [9.17, 15) is 57.8 Å². The summed E-state index contributed by atoms with van der Waals surface area (Å²) in [7, 11) is 1.63. The molecule has 4 aliphatic carbocycles. The first kappa shape index (κ1) is 113. The number of nitrogens with zero attached hydrogens (tertiary/aromatic N) is 5. The van der Waals surface area contributed by atoms with Gasteiger partial charge in [-0.1, -0.05) is 87.9 Å². The number of ether oxygens (including phenoxy) is 14. The zero-order chi connectivity index (χ0) is 102. The minimum Gasteiger partial charge on any atom is -0.478 e. The van der Waals surface area contributed by atoms with E-state index < -0.39 is 89.1 Å². The molecule has 9 N–H and O–H groups in total. The highest BCUT2D eigenvalue weighted by atomic mass is 32.1. The molecule has 6 atom stereocenters. The van der Waals surface area contributed by atoms with E-state index in [0.717, 1.165) is 81.7 Å². The van der Waals surface area contributed by atoms with Gasteiger partial charge in [0.05, 0.1) is 180 Å². The van der Waals surface area contributed by atoms with Gasteiger partial charge < -0.3 is 114 Å². The Kier molecular flexibility index (Phi) is 45.4. The molecule has 39 nitrogen and oxygen atoms in total. The largest absolute Gasteiger partial charge is 0.478 e. The van der Waals surface area contributed by atoms with E-state index >= 15 is 0 Å². The van der Waals surface area contributed by atoms with Gasteiger partial charge in [-0.3, -0.25) is 58.0 Å². The molecule has 4 fully saturated rings. The van der Waals surface area contributed by atoms with Crippen LogP contribution in [-0.2, 0) is 131 Å². The Morgan fingerprint density at radius 2 is 1.13 bits per heavy atom. The molecule has 0 saturated heterocycles. The molecule has 6 aromatic rings. The molecule has 4 saturated carbocycles. The molecule has 6 aliphatic rings. The van der Waals surface area contributed by atoms with Crippen molar-refractivity contribution in [1.29, 1.82) is 0 Å². The number of carbonyl (C=O) groups excluding carboxylic acids is 10. The monoisotopic (exact) mass is 2010 g/mol. The standard InChI is InChI=1S/C103H145N13O26S/c1-71(2)91(112-93(122)73(4)107-95(124)85(110-87(117)22-10-9-15-34-115-89(119)29-30-90(115)120)20-13-14-32-104-88(118)63-140-58-57-139-56-55-138-54-53-137-52-51-136-50-49-135-48-47-134-46-45-133-44-43-132-42-41-131-40-39-130-38-37-129-8)96(125)108-72(3)92(121)109-77-25-23-75(24-26-77)62-141-99(128)105-33-36-142-103-67-100(6)64-101(7,68-103)66-102(65-100,69-103)70-116-74(5)82(60-106-116)79-28-27-78(59-81(79)97(126)127)114-35-31-76-17-16-18-80(83(76)61-114)94(123)113-98-111-84-19-11-12-21-86(84)143-98/h11-12,16-19,21,23-30,59-60,71-73,85,91H,9-10,13-15,20,22,31-58,61-70H2,1-8H3,(H,104,118)(H,105,128)(H,107,124)(H,108,125)(H,109,121)(H,110,117)(H,112,122)(H,126,127)(H,111,113,123)/t72-,73+,85+,91-,100?,101?,102?,103?/m0/s1. The van der Waals surface area contributed by atoms with Crippen LogP contribution in [0.1, 0.15) is 168 Å². The van der Waals surface area contributed by atoms with Gasteiger partial charge in [0.25, 0.3) is 17.7 Å². The lowest BCUT2D eigenvalue weighted by atomic mass is 9.39. The van der Waals surface area contributed by atoms with E-state index in [4.69, 9.17) is 71.4 Å². The fourth-order valence-electron chi connectivity index (χ4n) is 19.9. The highest BCUT2D eigenvalue weighted by Crippen LogP contribution is 2.72. The third kappa shape index (κ3) is 36.1. The highest BCUT2D eigenvalue weighted by molar-refractivity contribution is 7.22. The lowest BCUT2D eigenvalue weighted by Crippen LogP contribution is -2.64. The van der Waals surface area contributed by atoms with Crippen molar-refractivity contribution >= 4 is 103 Å². The predicted octanol–water partition coefficient (Wildman–Crippen LogP) is 9.22. The van der Waals surface area contributed by atoms with E-state index in [2.05, 4.69) is 66.3 Å². The molecule has 2 aliphatic heterocycles. The second-order valence-corrected chi connectivity index (χ2v) is 39.1. The van der Waals surface area contributed by atoms with Crippen molar-refractivity contribution < 1.29 is 124 Å². The van der Waals surface area contributed by atoms with Crippen LogP contribution in [0.3, 0.4) is 0 Å². The molecule has 2 aromatic heterocycles. The van der Waals surface area contributed by atoms with Gasteiger partial charge in [-0.25, -0.2) is 14.6 Å². The van der Waals surface area contributed by atoms with Gasteiger partial charge in [-0.15, -0.1) is 0 Å². The van der Waals surface area contributed by atoms with Gasteiger partial charge in [-0.05, 0) is 185 Å². The Hall–Kier alpha value is -10.8. The third-order valence-electron chi connectivity index (χ3n) is 25.7. The van der Waals surface area contributed by atoms with Crippen LogP contribution < -0.4 is 47.4 Å². The summed E-state index contributed by atoms with van der Waals surface area (Å²) in [6.45, 7) is 24.7. The van der Waals surface area contributed by atoms with Crippen molar-refractivity contribution in [2.45, 2.75) is 188 Å². The number of imide groups is 1. The number of hydrogen-bond donors (Lipinski definition) is 9. The normalized spacial score (nSPS) is 18.7. The number of fused-ring (bicyclic) bond motifs is 2. The van der Waals surface area contributed by atoms with E-state index in [1.54, 1.807) is 57.5 Å². The van der Waals surface area contributed by atoms with Gasteiger partial charge in [-0.2, -0.15) is 5.10 Å². The molecule has 12 rings (SSSR count). The Morgan fingerprint density at radius 1 is 0.538 bits per heavy atom. The molecule has 0 radical (unpaired) electrons. The number of unbranched alkanes of at least 4 members (excludes halogenated alkanes) is 3. The maximum absolute atomic E-state index is 14.0. The Bertz CT molecular complexity index is 5100. The number of amides is 10. The maximum atomic E-state index is 14.0. The minimum absolute atomic E-state index is 0.000554. The second-order valence-electron chi connectivity index (χ2n) is 38.1. The average Bonchev–Trinajstić information content (AvgIpc) is 1.14. The topological polar surface area (TPSA) is 471 Å². The molecule has 0 spiro atoms. The summed E-state index contributed by atoms with van der Waals surface area (Å²) < 4.78 is 80.9. The first-order valence-electron chi connectivity index (χ1n) is 49.7. The van der Waals surface area contributed by atoms with Crippen LogP contribution in [0.15, 0.2) is 103 Å². The molecule has 4 bridgehead atoms. The molecule has 784 valence electrons. The first-order chi connectivity index (χ1) is 69.0. The molecule has 10 amide bonds. The maximum Gasteiger partial charge on any atom is 0.407 e. The average molecular weight is 2010 g/mol. The Morgan fingerprint density at radius 3 is 1.72 bits per heavy atom. The molecule has 143 heavy (non-hydrogen) atoms. The number of carboxylic acids is 1. The minimum atomic E-state index is -1.20. The zero-order valence-electron chi connectivity index (χ0n) is 83.8. The van der Waals surface area contributed by atoms with Crippen LogP contribution in [0.5, 0.6) is 0 Å². The number of carbonyl (C=O) groups is 11. The number of hydrogen-bond acceptors (Lipinski definition) is 29. The predicted molar refractivity (Wildman–Crippen MR) is 532 cm³/mol. The number of thiazole rings is 1. The smallest absolute Gasteiger partial charge is 0.407 e. The summed E-state index contributed by atoms with van der Waals surface area (Å²) >= 11 is 1.42. The van der Waals surface area contributed by atoms with E-state index in [1.165, 1.54) is 37.3 Å². The number of anilines is 3. The Balaban J connectivity index is 0.537. The van der Waals surface area contributed by atoms with Gasteiger partial charge in [0.2, 0.25) is 35.4 Å². The number of benzene rings is 4. The van der Waals surface area contributed by atoms with Gasteiger partial charge in [0, 0.05) is 93.1 Å². The zero-order valence-corrected chi connectivity index (χ0v) is 84.6. The van der Waals surface area contributed by atoms with Gasteiger partial charge in [0.1, 0.15) is 37.4 Å². The number of aromatic nitrogens is 3. The van der Waals surface area contributed by atoms with E-state index in [0.29, 0.717) is 218 Å². The van der Waals surface area contributed by atoms with Crippen molar-refractivity contribution in [2.75, 3.05) is 207 Å². The third-order valence-corrected chi connectivity index (χ3v) is 26.7. The van der Waals surface area contributed by atoms with E-state index in [1.807, 2.05) is 66.2 Å². The summed E-state index contributed by atoms with van der Waals surface area (Å²) in [5.41, 5.74) is 6.84. The van der Waals surface area contributed by atoms with Crippen LogP contribution in [0, 0.1) is 29.1 Å². The number of nitrogens with one attached hydrogen (secondary N) is 8. The van der Waals surface area contributed by atoms with Crippen LogP contribution in [0.2, 0.25) is 0 Å². The van der Waals surface area contributed by atoms with Gasteiger partial charge >= 0.3 is 12.1 Å². The quantitative estimate of drug-likeness (QED) is 0.0127. The van der Waals surface area contributed by atoms with Crippen molar-refractivity contribution in [3.63, 3.8) is 0 Å². The molecule has 4 heterocycles. The fraction of sp³-hybridized carbons (Fsp3) is 0.602. The summed E-state index contributed by atoms with van der Waals surface area (Å²) in [6, 6.07) is 21.2. The lowest BCUT2D eigenvalue weighted by Gasteiger charge is -2.69. The van der Waals surface area contributed by atoms with E-state index in [-0.39, 0.29) is 99.1 Å². The van der Waals surface area contributed by atoms with Crippen LogP contribution in [-0.4, -0.2) is 312 Å². The molecular weight excluding hydrogens is 1870 g/mol. The summed E-state index contributed by atoms with van der Waals surface area (Å²) in [5.74, 6) is -6.00. The van der Waals surface area contributed by atoms with Crippen molar-refractivity contribution in [3.8, 4) is 11.1 Å². The summed E-state index contributed by atoms with van der Waals surface area (Å²) in [4.78, 5) is 153. The highest BCUT2D eigenvalue weighted by Gasteiger charge is 2.66. The van der Waals surface area contributed by atoms with Crippen molar-refractivity contribution in [3.05, 3.63) is 137 Å². The van der Waals surface area contributed by atoms with Crippen LogP contribution in [0.25, 0.3) is 21.3 Å². The molecule has 4 aromatic carbocycles. The number of para-hydroxylation sites is 1. The molecule has 2 unspecified atom stereocenters. The molecule has 40 heteroatoms. The number of methoxy groups -OCH3 is 1. The second kappa shape index (κ2) is 57.8. The molecular formula is C103H145N13O26S. The number of aromatic carboxylic acids is 1. The SMILES string of the molecule is COCCOCCOCCOCCOCCOCCOCCOCCOCCOCCOCCOCC(=O)NCCCC[C@@H](NC(=O)CCCCCN1C(=O)C=CC1=O)C(=O)N[C@H](C)C(=O)N[C@H](C(=O)N[C@@H](C)C(=O)Nc1ccc(COC(=O)NCCOC23CC4(C)CC(C)(CC(Cn5ncc(-c6ccc(N7CCc8cccc(C(=O)Nc9nc%10ccccc%10s9)c8C7)cc6C(=O)O)c5C)(C4)C2)C3)cc1)C(C)C.